The van der Waals surface area contributed by atoms with Crippen molar-refractivity contribution in [3.63, 3.8) is 0 Å². The van der Waals surface area contributed by atoms with Crippen LogP contribution in [0.2, 0.25) is 0 Å². The molecule has 0 unspecified atom stereocenters. The van der Waals surface area contributed by atoms with Gasteiger partial charge in [-0.15, -0.1) is 4.67 Å². The van der Waals surface area contributed by atoms with Crippen LogP contribution in [0.25, 0.3) is 0 Å². The zero-order chi connectivity index (χ0) is 7.11. The van der Waals surface area contributed by atoms with E-state index in [0.29, 0.717) is 0 Å². The van der Waals surface area contributed by atoms with Crippen LogP contribution in [0.3, 0.4) is 0 Å². The third-order valence-electron chi connectivity index (χ3n) is 1.24. The molecule has 0 aromatic carbocycles. The molecule has 9 heavy (non-hydrogen) atoms. The zero-order valence-corrected chi connectivity index (χ0v) is 6.43. The van der Waals surface area contributed by atoms with Gasteiger partial charge in [-0.2, -0.15) is 0 Å². The molecule has 0 radical (unpaired) electrons. The van der Waals surface area contributed by atoms with Crippen molar-refractivity contribution >= 4 is 12.9 Å². The monoisotopic (exact) mass is 126 g/mol. The van der Waals surface area contributed by atoms with Crippen molar-refractivity contribution in [1.29, 1.82) is 0 Å². The van der Waals surface area contributed by atoms with Gasteiger partial charge in [-0.1, -0.05) is 20.3 Å². The van der Waals surface area contributed by atoms with Crippen LogP contribution >= 0.6 is 0 Å². The summed E-state index contributed by atoms with van der Waals surface area (Å²) in [5.74, 6) is 0.822. The molecule has 52 valence electrons. The number of nitrogens with zero attached hydrogens (tertiary/aromatic N) is 1. The first-order valence-corrected chi connectivity index (χ1v) is 3.55. The van der Waals surface area contributed by atoms with Gasteiger partial charge < -0.3 is 0 Å². The normalized spacial score (nSPS) is 9.22. The molecule has 0 aromatic rings. The maximum atomic E-state index is 3.66. The van der Waals surface area contributed by atoms with Crippen molar-refractivity contribution in [2.75, 3.05) is 0 Å². The topological polar surface area (TPSA) is 14.1 Å². The lowest BCUT2D eigenvalue weighted by Crippen LogP contribution is -1.87. The van der Waals surface area contributed by atoms with Crippen molar-refractivity contribution in [2.24, 2.45) is 5.92 Å². The average molecular weight is 126 g/mol. The van der Waals surface area contributed by atoms with Gasteiger partial charge in [0.05, 0.1) is 0 Å². The fraction of sp³-hybridized carbons (Fsp3) is 0.750. The minimum Gasteiger partial charge on any atom is -0.114 e. The molecule has 0 amide bonds. The van der Waals surface area contributed by atoms with Gasteiger partial charge in [-0.3, -0.25) is 0 Å². The van der Waals surface area contributed by atoms with Crippen LogP contribution in [0.1, 0.15) is 33.1 Å². The highest BCUT2D eigenvalue weighted by Crippen LogP contribution is 2.03. The smallest absolute Gasteiger partial charge is 0.114 e. The molecular weight excluding hydrogens is 110 g/mol. The first-order valence-electron chi connectivity index (χ1n) is 3.55. The van der Waals surface area contributed by atoms with Crippen LogP contribution in [-0.2, 0) is 0 Å². The molecule has 0 aliphatic rings. The molecule has 0 fully saturated rings. The lowest BCUT2D eigenvalue weighted by Gasteiger charge is -1.97. The number of hydrogen-bond acceptors (Lipinski definition) is 0. The summed E-state index contributed by atoms with van der Waals surface area (Å²) in [6, 6.07) is 0. The van der Waals surface area contributed by atoms with E-state index >= 15 is 0 Å². The van der Waals surface area contributed by atoms with Gasteiger partial charge in [-0.25, -0.2) is 0 Å². The van der Waals surface area contributed by atoms with E-state index in [1.807, 2.05) is 6.21 Å². The molecular formula is C8H16N+. The summed E-state index contributed by atoms with van der Waals surface area (Å²) in [6.07, 6.45) is 5.51. The van der Waals surface area contributed by atoms with E-state index in [0.717, 1.165) is 12.3 Å². The minimum atomic E-state index is 0.822. The van der Waals surface area contributed by atoms with E-state index < -0.39 is 0 Å². The van der Waals surface area contributed by atoms with Crippen molar-refractivity contribution in [3.05, 3.63) is 0 Å². The molecule has 0 aromatic heterocycles. The molecule has 0 saturated carbocycles. The van der Waals surface area contributed by atoms with E-state index in [9.17, 15) is 0 Å². The van der Waals surface area contributed by atoms with E-state index in [2.05, 4.69) is 25.2 Å². The molecule has 0 aliphatic carbocycles. The van der Waals surface area contributed by atoms with Gasteiger partial charge in [0.15, 0.2) is 0 Å². The Morgan fingerprint density at radius 1 is 1.56 bits per heavy atom. The maximum absolute atomic E-state index is 3.66. The Balaban J connectivity index is 3.00. The van der Waals surface area contributed by atoms with E-state index in [1.165, 1.54) is 12.8 Å². The molecule has 0 atom stereocenters. The summed E-state index contributed by atoms with van der Waals surface area (Å²) in [7, 11) is 0. The Morgan fingerprint density at radius 2 is 2.22 bits per heavy atom. The molecule has 0 spiro atoms. The van der Waals surface area contributed by atoms with Crippen LogP contribution in [0.5, 0.6) is 0 Å². The second-order valence-electron chi connectivity index (χ2n) is 2.69. The molecule has 0 rings (SSSR count). The third kappa shape index (κ3) is 7.45. The lowest BCUT2D eigenvalue weighted by atomic mass is 10.1. The van der Waals surface area contributed by atoms with Crippen molar-refractivity contribution < 1.29 is 0 Å². The van der Waals surface area contributed by atoms with Crippen LogP contribution in [0.15, 0.2) is 0 Å². The van der Waals surface area contributed by atoms with Gasteiger partial charge >= 0.3 is 0 Å². The predicted molar refractivity (Wildman–Crippen MR) is 44.0 cm³/mol. The Labute approximate surface area is 57.5 Å². The molecule has 0 saturated heterocycles. The van der Waals surface area contributed by atoms with Crippen molar-refractivity contribution in [3.8, 4) is 0 Å². The highest BCUT2D eigenvalue weighted by molar-refractivity contribution is 5.57. The van der Waals surface area contributed by atoms with Gasteiger partial charge in [0, 0.05) is 6.42 Å². The minimum absolute atomic E-state index is 0.822. The Morgan fingerprint density at radius 3 is 2.67 bits per heavy atom. The number of unbranched alkanes of at least 4 members (excludes halogenated alkanes) is 1. The first-order chi connectivity index (χ1) is 4.27. The molecule has 1 heteroatoms. The summed E-state index contributed by atoms with van der Waals surface area (Å²) < 4.78 is 3.66. The zero-order valence-electron chi connectivity index (χ0n) is 6.43. The van der Waals surface area contributed by atoms with Gasteiger partial charge in [0.2, 0.25) is 0 Å². The molecule has 1 nitrogen and oxygen atoms in total. The predicted octanol–water partition coefficient (Wildman–Crippen LogP) is 1.65. The second kappa shape index (κ2) is 5.58. The summed E-state index contributed by atoms with van der Waals surface area (Å²) in [5.41, 5.74) is 0. The van der Waals surface area contributed by atoms with Gasteiger partial charge in [-0.05, 0) is 12.3 Å². The summed E-state index contributed by atoms with van der Waals surface area (Å²) in [4.78, 5) is 0. The summed E-state index contributed by atoms with van der Waals surface area (Å²) in [5, 5.41) is 0. The third-order valence-corrected chi connectivity index (χ3v) is 1.24. The van der Waals surface area contributed by atoms with E-state index in [1.54, 1.807) is 0 Å². The Bertz CT molecular complexity index is 99.1. The fourth-order valence-electron chi connectivity index (χ4n) is 0.709. The maximum Gasteiger partial charge on any atom is 0.268 e. The Kier molecular flexibility index (Phi) is 5.24. The fourth-order valence-corrected chi connectivity index (χ4v) is 0.709. The SMILES string of the molecule is C=[N+]=CCCCC(C)C. The summed E-state index contributed by atoms with van der Waals surface area (Å²) in [6.45, 7) is 7.85. The van der Waals surface area contributed by atoms with Crippen LogP contribution in [-0.4, -0.2) is 12.9 Å². The molecule has 0 N–H and O–H groups in total. The van der Waals surface area contributed by atoms with Crippen LogP contribution in [0, 0.1) is 5.92 Å². The molecule has 0 heterocycles. The highest BCUT2D eigenvalue weighted by Gasteiger charge is 1.92. The second-order valence-corrected chi connectivity index (χ2v) is 2.69. The average Bonchev–Trinajstić information content (AvgIpc) is 1.80. The molecule has 0 bridgehead atoms. The largest absolute Gasteiger partial charge is 0.268 e. The van der Waals surface area contributed by atoms with Crippen LogP contribution < -0.4 is 4.67 Å². The van der Waals surface area contributed by atoms with E-state index in [-0.39, 0.29) is 0 Å². The summed E-state index contributed by atoms with van der Waals surface area (Å²) >= 11 is 0. The quantitative estimate of drug-likeness (QED) is 0.309. The van der Waals surface area contributed by atoms with E-state index in [4.69, 9.17) is 0 Å². The van der Waals surface area contributed by atoms with Gasteiger partial charge in [0.25, 0.3) is 12.9 Å². The van der Waals surface area contributed by atoms with Crippen molar-refractivity contribution in [1.82, 2.24) is 4.67 Å². The highest BCUT2D eigenvalue weighted by atomic mass is 14.5. The van der Waals surface area contributed by atoms with Gasteiger partial charge in [0.1, 0.15) is 0 Å². The van der Waals surface area contributed by atoms with Crippen LogP contribution in [0.4, 0.5) is 0 Å². The number of hydrogen-bond donors (Lipinski definition) is 0. The Hall–Kier alpha value is -0.550. The lowest BCUT2D eigenvalue weighted by molar-refractivity contribution is 0.566. The number of rotatable bonds is 4. The molecule has 0 aliphatic heterocycles. The first kappa shape index (κ1) is 8.45. The standard InChI is InChI=1S/C8H16N/c1-8(2)6-4-5-7-9-3/h7-8H,3-6H2,1-2H3/q+1. The van der Waals surface area contributed by atoms with Crippen molar-refractivity contribution in [2.45, 2.75) is 33.1 Å².